The molecular weight excluding hydrogens is 254 g/mol. The number of carbonyl (C=O) groups is 1. The third-order valence-corrected chi connectivity index (χ3v) is 2.36. The summed E-state index contributed by atoms with van der Waals surface area (Å²) in [5, 5.41) is 2.87. The van der Waals surface area contributed by atoms with E-state index in [0.29, 0.717) is 16.6 Å². The van der Waals surface area contributed by atoms with E-state index in [1.165, 1.54) is 6.20 Å². The molecule has 0 atom stereocenters. The molecule has 0 radical (unpaired) electrons. The summed E-state index contributed by atoms with van der Waals surface area (Å²) in [6.45, 7) is 5.20. The van der Waals surface area contributed by atoms with Crippen molar-refractivity contribution in [2.45, 2.75) is 26.4 Å². The first-order valence-corrected chi connectivity index (χ1v) is 5.72. The second-order valence-corrected chi connectivity index (χ2v) is 5.14. The number of rotatable bonds is 1. The zero-order valence-corrected chi connectivity index (χ0v) is 10.8. The molecule has 4 nitrogen and oxygen atoms in total. The highest BCUT2D eigenvalue weighted by Crippen LogP contribution is 2.26. The topological polar surface area (TPSA) is 54.1 Å². The van der Waals surface area contributed by atoms with Crippen molar-refractivity contribution in [3.63, 3.8) is 0 Å². The summed E-state index contributed by atoms with van der Waals surface area (Å²) in [5.41, 5.74) is 0.0983. The van der Waals surface area contributed by atoms with Crippen LogP contribution in [0.25, 0.3) is 10.9 Å². The quantitative estimate of drug-likeness (QED) is 0.826. The van der Waals surface area contributed by atoms with Gasteiger partial charge in [-0.25, -0.2) is 13.6 Å². The lowest BCUT2D eigenvalue weighted by molar-refractivity contribution is 0.0636. The first-order valence-electron chi connectivity index (χ1n) is 5.72. The van der Waals surface area contributed by atoms with Crippen LogP contribution in [0.15, 0.2) is 18.3 Å². The molecule has 1 aromatic heterocycles. The number of carbonyl (C=O) groups excluding carboxylic acids is 1. The van der Waals surface area contributed by atoms with E-state index in [-0.39, 0.29) is 0 Å². The maximum Gasteiger partial charge on any atom is 0.412 e. The van der Waals surface area contributed by atoms with Crippen LogP contribution in [0.4, 0.5) is 19.3 Å². The standard InChI is InChI=1S/C13H14F2N2O2/c1-13(2,3)19-12(18)17-11-6-16-10-5-9(15)8(14)4-7(10)11/h4-6,16H,1-3H3,(H,17,18). The Morgan fingerprint density at radius 2 is 1.89 bits per heavy atom. The van der Waals surface area contributed by atoms with Crippen LogP contribution < -0.4 is 5.32 Å². The van der Waals surface area contributed by atoms with Gasteiger partial charge in [-0.3, -0.25) is 5.32 Å². The van der Waals surface area contributed by atoms with E-state index in [1.54, 1.807) is 20.8 Å². The predicted octanol–water partition coefficient (Wildman–Crippen LogP) is 3.79. The average molecular weight is 268 g/mol. The maximum absolute atomic E-state index is 13.2. The Hall–Kier alpha value is -2.11. The molecule has 0 spiro atoms. The number of aromatic amines is 1. The van der Waals surface area contributed by atoms with Crippen molar-refractivity contribution in [2.24, 2.45) is 0 Å². The van der Waals surface area contributed by atoms with Gasteiger partial charge in [-0.05, 0) is 26.8 Å². The van der Waals surface area contributed by atoms with Gasteiger partial charge in [-0.15, -0.1) is 0 Å². The Labute approximate surface area is 108 Å². The van der Waals surface area contributed by atoms with Crippen LogP contribution in [0.3, 0.4) is 0 Å². The van der Waals surface area contributed by atoms with Crippen LogP contribution in [-0.4, -0.2) is 16.7 Å². The minimum atomic E-state index is -0.973. The average Bonchev–Trinajstić information content (AvgIpc) is 2.59. The number of fused-ring (bicyclic) bond motifs is 1. The van der Waals surface area contributed by atoms with Gasteiger partial charge in [0.05, 0.1) is 11.2 Å². The van der Waals surface area contributed by atoms with E-state index in [1.807, 2.05) is 0 Å². The van der Waals surface area contributed by atoms with Gasteiger partial charge in [0.25, 0.3) is 0 Å². The molecule has 0 aliphatic carbocycles. The SMILES string of the molecule is CC(C)(C)OC(=O)Nc1c[nH]c2cc(F)c(F)cc12. The summed E-state index contributed by atoms with van der Waals surface area (Å²) >= 11 is 0. The molecule has 2 rings (SSSR count). The van der Waals surface area contributed by atoms with Gasteiger partial charge >= 0.3 is 6.09 Å². The number of halogens is 2. The molecule has 0 bridgehead atoms. The van der Waals surface area contributed by atoms with Crippen LogP contribution in [-0.2, 0) is 4.74 Å². The maximum atomic E-state index is 13.2. The minimum Gasteiger partial charge on any atom is -0.444 e. The van der Waals surface area contributed by atoms with Gasteiger partial charge in [-0.2, -0.15) is 0 Å². The number of benzene rings is 1. The predicted molar refractivity (Wildman–Crippen MR) is 68.1 cm³/mol. The highest BCUT2D eigenvalue weighted by Gasteiger charge is 2.18. The molecule has 2 N–H and O–H groups in total. The van der Waals surface area contributed by atoms with E-state index >= 15 is 0 Å². The molecule has 6 heteroatoms. The van der Waals surface area contributed by atoms with Crippen LogP contribution >= 0.6 is 0 Å². The third kappa shape index (κ3) is 3.01. The molecule has 0 unspecified atom stereocenters. The third-order valence-electron chi connectivity index (χ3n) is 2.36. The zero-order chi connectivity index (χ0) is 14.2. The van der Waals surface area contributed by atoms with Gasteiger partial charge in [-0.1, -0.05) is 0 Å². The van der Waals surface area contributed by atoms with E-state index in [2.05, 4.69) is 10.3 Å². The van der Waals surface area contributed by atoms with Crippen molar-refractivity contribution in [3.8, 4) is 0 Å². The van der Waals surface area contributed by atoms with Gasteiger partial charge in [0.15, 0.2) is 11.6 Å². The normalized spacial score (nSPS) is 11.6. The molecule has 102 valence electrons. The van der Waals surface area contributed by atoms with E-state index in [0.717, 1.165) is 12.1 Å². The largest absolute Gasteiger partial charge is 0.444 e. The Morgan fingerprint density at radius 3 is 2.53 bits per heavy atom. The molecule has 1 aromatic carbocycles. The number of hydrogen-bond acceptors (Lipinski definition) is 2. The Bertz CT molecular complexity index is 629. The van der Waals surface area contributed by atoms with Gasteiger partial charge in [0.1, 0.15) is 5.60 Å². The lowest BCUT2D eigenvalue weighted by Gasteiger charge is -2.19. The van der Waals surface area contributed by atoms with Crippen molar-refractivity contribution >= 4 is 22.7 Å². The van der Waals surface area contributed by atoms with Crippen molar-refractivity contribution in [2.75, 3.05) is 5.32 Å². The summed E-state index contributed by atoms with van der Waals surface area (Å²) in [6, 6.07) is 2.05. The number of H-pyrrole nitrogens is 1. The van der Waals surface area contributed by atoms with Crippen LogP contribution in [0.5, 0.6) is 0 Å². The lowest BCUT2D eigenvalue weighted by atomic mass is 10.2. The van der Waals surface area contributed by atoms with E-state index in [4.69, 9.17) is 4.74 Å². The molecular formula is C13H14F2N2O2. The first kappa shape index (κ1) is 13.3. The van der Waals surface area contributed by atoms with E-state index in [9.17, 15) is 13.6 Å². The number of aromatic nitrogens is 1. The van der Waals surface area contributed by atoms with Crippen molar-refractivity contribution < 1.29 is 18.3 Å². The molecule has 0 fully saturated rings. The number of anilines is 1. The van der Waals surface area contributed by atoms with Crippen LogP contribution in [0.2, 0.25) is 0 Å². The van der Waals surface area contributed by atoms with Crippen molar-refractivity contribution in [1.82, 2.24) is 4.98 Å². The number of ether oxygens (including phenoxy) is 1. The summed E-state index contributed by atoms with van der Waals surface area (Å²) in [7, 11) is 0. The molecule has 1 heterocycles. The Morgan fingerprint density at radius 1 is 1.26 bits per heavy atom. The number of amides is 1. The van der Waals surface area contributed by atoms with Crippen molar-refractivity contribution in [1.29, 1.82) is 0 Å². The van der Waals surface area contributed by atoms with Crippen LogP contribution in [0, 0.1) is 11.6 Å². The van der Waals surface area contributed by atoms with E-state index < -0.39 is 23.3 Å². The summed E-state index contributed by atoms with van der Waals surface area (Å²) in [4.78, 5) is 14.4. The lowest BCUT2D eigenvalue weighted by Crippen LogP contribution is -2.27. The fourth-order valence-corrected chi connectivity index (χ4v) is 1.63. The molecule has 2 aromatic rings. The minimum absolute atomic E-state index is 0.336. The highest BCUT2D eigenvalue weighted by molar-refractivity contribution is 5.99. The molecule has 0 aliphatic rings. The van der Waals surface area contributed by atoms with Gasteiger partial charge in [0.2, 0.25) is 0 Å². The summed E-state index contributed by atoms with van der Waals surface area (Å²) < 4.78 is 31.3. The molecule has 0 aliphatic heterocycles. The zero-order valence-electron chi connectivity index (χ0n) is 10.8. The number of hydrogen-bond donors (Lipinski definition) is 2. The highest BCUT2D eigenvalue weighted by atomic mass is 19.2. The molecule has 19 heavy (non-hydrogen) atoms. The number of nitrogens with one attached hydrogen (secondary N) is 2. The first-order chi connectivity index (χ1) is 8.76. The van der Waals surface area contributed by atoms with Gasteiger partial charge < -0.3 is 9.72 Å². The smallest absolute Gasteiger partial charge is 0.412 e. The second kappa shape index (κ2) is 4.53. The second-order valence-electron chi connectivity index (χ2n) is 5.14. The molecule has 0 saturated carbocycles. The summed E-state index contributed by atoms with van der Waals surface area (Å²) in [6.07, 6.45) is 0.797. The summed E-state index contributed by atoms with van der Waals surface area (Å²) in [5.74, 6) is -1.92. The monoisotopic (exact) mass is 268 g/mol. The fourth-order valence-electron chi connectivity index (χ4n) is 1.63. The van der Waals surface area contributed by atoms with Crippen molar-refractivity contribution in [3.05, 3.63) is 30.0 Å². The van der Waals surface area contributed by atoms with Gasteiger partial charge in [0, 0.05) is 17.6 Å². The Balaban J connectivity index is 2.27. The Kier molecular flexibility index (Phi) is 3.18. The fraction of sp³-hybridized carbons (Fsp3) is 0.308. The molecule has 0 saturated heterocycles. The molecule has 1 amide bonds. The van der Waals surface area contributed by atoms with Crippen LogP contribution in [0.1, 0.15) is 20.8 Å².